The van der Waals surface area contributed by atoms with Gasteiger partial charge in [0.25, 0.3) is 5.91 Å². The Hall–Kier alpha value is -2.78. The lowest BCUT2D eigenvalue weighted by molar-refractivity contribution is 0.100. The van der Waals surface area contributed by atoms with Crippen LogP contribution in [0, 0.1) is 5.92 Å². The number of carbonyl (C=O) groups excluding carboxylic acids is 1. The quantitative estimate of drug-likeness (QED) is 0.483. The van der Waals surface area contributed by atoms with Crippen LogP contribution in [-0.4, -0.2) is 32.4 Å². The van der Waals surface area contributed by atoms with Crippen molar-refractivity contribution in [3.05, 3.63) is 35.5 Å². The number of aromatic nitrogens is 3. The van der Waals surface area contributed by atoms with Gasteiger partial charge in [0.15, 0.2) is 0 Å². The maximum Gasteiger partial charge on any atom is 0.254 e. The summed E-state index contributed by atoms with van der Waals surface area (Å²) in [6, 6.07) is 5.95. The second-order valence-corrected chi connectivity index (χ2v) is 8.56. The monoisotopic (exact) mass is 395 g/mol. The van der Waals surface area contributed by atoms with Crippen LogP contribution in [-0.2, 0) is 0 Å². The SMILES string of the molecule is NC(=O)c1cnc(NC(C2CC2)C2(N)CC2)nc1Nc1ccc2ncsc2c1. The van der Waals surface area contributed by atoms with Gasteiger partial charge in [0.1, 0.15) is 11.4 Å². The average molecular weight is 395 g/mol. The zero-order valence-electron chi connectivity index (χ0n) is 15.2. The van der Waals surface area contributed by atoms with Crippen LogP contribution in [0.1, 0.15) is 36.0 Å². The lowest BCUT2D eigenvalue weighted by Gasteiger charge is -2.25. The zero-order chi connectivity index (χ0) is 19.3. The van der Waals surface area contributed by atoms with E-state index >= 15 is 0 Å². The van der Waals surface area contributed by atoms with Gasteiger partial charge in [-0.05, 0) is 49.8 Å². The number of thiazole rings is 1. The molecule has 0 saturated heterocycles. The first-order valence-electron chi connectivity index (χ1n) is 9.34. The Morgan fingerprint density at radius 1 is 1.29 bits per heavy atom. The first-order chi connectivity index (χ1) is 13.5. The number of nitrogens with one attached hydrogen (secondary N) is 2. The van der Waals surface area contributed by atoms with E-state index in [2.05, 4.69) is 25.6 Å². The fraction of sp³-hybridized carbons (Fsp3) is 0.368. The fourth-order valence-corrected chi connectivity index (χ4v) is 4.27. The zero-order valence-corrected chi connectivity index (χ0v) is 16.0. The van der Waals surface area contributed by atoms with Crippen molar-refractivity contribution in [3.8, 4) is 0 Å². The molecule has 2 aliphatic carbocycles. The van der Waals surface area contributed by atoms with Gasteiger partial charge >= 0.3 is 0 Å². The molecule has 144 valence electrons. The molecular formula is C19H21N7OS. The van der Waals surface area contributed by atoms with E-state index in [1.165, 1.54) is 19.0 Å². The van der Waals surface area contributed by atoms with E-state index in [4.69, 9.17) is 11.5 Å². The molecule has 1 unspecified atom stereocenters. The molecule has 0 aliphatic heterocycles. The molecule has 1 amide bonds. The standard InChI is InChI=1S/C19H21N7OS/c20-16(27)12-8-22-18(25-15(10-1-2-10)19(21)5-6-19)26-17(12)24-11-3-4-13-14(7-11)28-9-23-13/h3-4,7-10,15H,1-2,5-6,21H2,(H2,20,27)(H2,22,24,25,26). The molecule has 28 heavy (non-hydrogen) atoms. The molecule has 3 aromatic rings. The highest BCUT2D eigenvalue weighted by Gasteiger charge is 2.52. The first kappa shape index (κ1) is 17.3. The number of nitrogens with two attached hydrogens (primary N) is 2. The molecule has 8 nitrogen and oxygen atoms in total. The van der Waals surface area contributed by atoms with Gasteiger partial charge in [-0.3, -0.25) is 4.79 Å². The Morgan fingerprint density at radius 2 is 2.11 bits per heavy atom. The second-order valence-electron chi connectivity index (χ2n) is 7.67. The Bertz CT molecular complexity index is 1060. The molecule has 2 fully saturated rings. The van der Waals surface area contributed by atoms with Gasteiger partial charge in [0.05, 0.1) is 15.7 Å². The van der Waals surface area contributed by atoms with E-state index in [1.54, 1.807) is 16.8 Å². The van der Waals surface area contributed by atoms with Gasteiger partial charge in [-0.15, -0.1) is 11.3 Å². The number of benzene rings is 1. The van der Waals surface area contributed by atoms with E-state index in [-0.39, 0.29) is 17.1 Å². The number of primary amides is 1. The third kappa shape index (κ3) is 3.27. The summed E-state index contributed by atoms with van der Waals surface area (Å²) >= 11 is 1.55. The van der Waals surface area contributed by atoms with Crippen molar-refractivity contribution in [1.29, 1.82) is 0 Å². The van der Waals surface area contributed by atoms with Gasteiger partial charge in [-0.25, -0.2) is 9.97 Å². The summed E-state index contributed by atoms with van der Waals surface area (Å²) in [6.07, 6.45) is 5.85. The maximum absolute atomic E-state index is 11.9. The molecular weight excluding hydrogens is 374 g/mol. The number of nitrogens with zero attached hydrogens (tertiary/aromatic N) is 3. The van der Waals surface area contributed by atoms with Gasteiger partial charge in [-0.1, -0.05) is 0 Å². The number of anilines is 3. The van der Waals surface area contributed by atoms with Crippen LogP contribution in [0.4, 0.5) is 17.5 Å². The van der Waals surface area contributed by atoms with Crippen LogP contribution in [0.25, 0.3) is 10.2 Å². The van der Waals surface area contributed by atoms with Crippen molar-refractivity contribution >= 4 is 44.9 Å². The van der Waals surface area contributed by atoms with E-state index < -0.39 is 5.91 Å². The van der Waals surface area contributed by atoms with Crippen LogP contribution in [0.3, 0.4) is 0 Å². The largest absolute Gasteiger partial charge is 0.365 e. The summed E-state index contributed by atoms with van der Waals surface area (Å²) in [5, 5.41) is 6.62. The van der Waals surface area contributed by atoms with Crippen LogP contribution in [0.2, 0.25) is 0 Å². The minimum Gasteiger partial charge on any atom is -0.365 e. The molecule has 0 radical (unpaired) electrons. The predicted molar refractivity (Wildman–Crippen MR) is 110 cm³/mol. The molecule has 0 spiro atoms. The molecule has 2 aromatic heterocycles. The highest BCUT2D eigenvalue weighted by Crippen LogP contribution is 2.47. The van der Waals surface area contributed by atoms with Crippen molar-refractivity contribution in [1.82, 2.24) is 15.0 Å². The molecule has 0 bridgehead atoms. The number of rotatable bonds is 7. The molecule has 1 atom stereocenters. The Labute approximate surface area is 165 Å². The summed E-state index contributed by atoms with van der Waals surface area (Å²) in [6.45, 7) is 0. The number of carbonyl (C=O) groups is 1. The molecule has 2 saturated carbocycles. The van der Waals surface area contributed by atoms with Crippen molar-refractivity contribution in [3.63, 3.8) is 0 Å². The smallest absolute Gasteiger partial charge is 0.254 e. The number of fused-ring (bicyclic) bond motifs is 1. The highest BCUT2D eigenvalue weighted by atomic mass is 32.1. The maximum atomic E-state index is 11.9. The Morgan fingerprint density at radius 3 is 2.82 bits per heavy atom. The van der Waals surface area contributed by atoms with Crippen molar-refractivity contribution < 1.29 is 4.79 Å². The van der Waals surface area contributed by atoms with Gasteiger partial charge < -0.3 is 22.1 Å². The first-order valence-corrected chi connectivity index (χ1v) is 10.2. The normalized spacial score (nSPS) is 18.6. The minimum atomic E-state index is -0.579. The van der Waals surface area contributed by atoms with E-state index in [1.807, 2.05) is 18.2 Å². The highest BCUT2D eigenvalue weighted by molar-refractivity contribution is 7.16. The molecule has 2 heterocycles. The van der Waals surface area contributed by atoms with Crippen LogP contribution >= 0.6 is 11.3 Å². The average Bonchev–Trinajstić information content (AvgIpc) is 3.59. The summed E-state index contributed by atoms with van der Waals surface area (Å²) in [7, 11) is 0. The van der Waals surface area contributed by atoms with E-state index in [0.29, 0.717) is 17.7 Å². The molecule has 1 aromatic carbocycles. The number of amides is 1. The number of hydrogen-bond acceptors (Lipinski definition) is 8. The second kappa shape index (κ2) is 6.39. The molecule has 9 heteroatoms. The van der Waals surface area contributed by atoms with Crippen molar-refractivity contribution in [2.75, 3.05) is 10.6 Å². The Kier molecular flexibility index (Phi) is 3.95. The predicted octanol–water partition coefficient (Wildman–Crippen LogP) is 2.61. The molecule has 5 rings (SSSR count). The lowest BCUT2D eigenvalue weighted by Crippen LogP contribution is -2.44. The topological polar surface area (TPSA) is 132 Å². The third-order valence-electron chi connectivity index (χ3n) is 5.47. The van der Waals surface area contributed by atoms with E-state index in [0.717, 1.165) is 28.7 Å². The van der Waals surface area contributed by atoms with Gasteiger partial charge in [0, 0.05) is 23.5 Å². The molecule has 6 N–H and O–H groups in total. The van der Waals surface area contributed by atoms with Gasteiger partial charge in [-0.2, -0.15) is 4.98 Å². The summed E-state index contributed by atoms with van der Waals surface area (Å²) < 4.78 is 1.05. The van der Waals surface area contributed by atoms with E-state index in [9.17, 15) is 4.79 Å². The lowest BCUT2D eigenvalue weighted by atomic mass is 10.0. The van der Waals surface area contributed by atoms with Crippen molar-refractivity contribution in [2.24, 2.45) is 17.4 Å². The summed E-state index contributed by atoms with van der Waals surface area (Å²) in [5.41, 5.74) is 15.6. The minimum absolute atomic E-state index is 0.160. The molecule has 2 aliphatic rings. The fourth-order valence-electron chi connectivity index (χ4n) is 3.55. The summed E-state index contributed by atoms with van der Waals surface area (Å²) in [4.78, 5) is 25.0. The third-order valence-corrected chi connectivity index (χ3v) is 6.26. The van der Waals surface area contributed by atoms with Crippen molar-refractivity contribution in [2.45, 2.75) is 37.3 Å². The van der Waals surface area contributed by atoms with Crippen LogP contribution < -0.4 is 22.1 Å². The number of hydrogen-bond donors (Lipinski definition) is 4. The van der Waals surface area contributed by atoms with Gasteiger partial charge in [0.2, 0.25) is 5.95 Å². The van der Waals surface area contributed by atoms with Crippen LogP contribution in [0.5, 0.6) is 0 Å². The summed E-state index contributed by atoms with van der Waals surface area (Å²) in [5.74, 6) is 0.825. The van der Waals surface area contributed by atoms with Crippen LogP contribution in [0.15, 0.2) is 29.9 Å². The Balaban J connectivity index is 1.44.